The quantitative estimate of drug-likeness (QED) is 0.766. The minimum Gasteiger partial charge on any atom is -0.508 e. The maximum atomic E-state index is 11.5. The second-order valence-corrected chi connectivity index (χ2v) is 3.81. The van der Waals surface area contributed by atoms with Gasteiger partial charge < -0.3 is 9.84 Å². The van der Waals surface area contributed by atoms with E-state index in [9.17, 15) is 4.79 Å². The third kappa shape index (κ3) is 2.03. The zero-order valence-corrected chi connectivity index (χ0v) is 8.51. The minimum absolute atomic E-state index is 0.192. The Labute approximate surface area is 88.1 Å². The van der Waals surface area contributed by atoms with E-state index < -0.39 is 0 Å². The molecule has 80 valence electrons. The molecular weight excluding hydrogens is 194 g/mol. The molecule has 1 heterocycles. The molecule has 1 aromatic carbocycles. The summed E-state index contributed by atoms with van der Waals surface area (Å²) in [7, 11) is 0. The van der Waals surface area contributed by atoms with Crippen molar-refractivity contribution in [1.29, 1.82) is 0 Å². The number of phenols is 1. The van der Waals surface area contributed by atoms with Crippen molar-refractivity contribution in [2.24, 2.45) is 5.92 Å². The van der Waals surface area contributed by atoms with E-state index in [1.54, 1.807) is 29.2 Å². The first-order chi connectivity index (χ1) is 7.16. The van der Waals surface area contributed by atoms with Crippen molar-refractivity contribution in [3.05, 3.63) is 24.3 Å². The van der Waals surface area contributed by atoms with Gasteiger partial charge in [-0.2, -0.15) is 0 Å². The highest BCUT2D eigenvalue weighted by Gasteiger charge is 2.25. The van der Waals surface area contributed by atoms with Gasteiger partial charge in [-0.25, -0.2) is 4.79 Å². The molecule has 0 aliphatic carbocycles. The third-order valence-electron chi connectivity index (χ3n) is 2.37. The Morgan fingerprint density at radius 3 is 2.73 bits per heavy atom. The van der Waals surface area contributed by atoms with E-state index in [2.05, 4.69) is 0 Å². The van der Waals surface area contributed by atoms with Gasteiger partial charge in [0.25, 0.3) is 0 Å². The highest BCUT2D eigenvalue weighted by atomic mass is 16.6. The third-order valence-corrected chi connectivity index (χ3v) is 2.37. The predicted molar refractivity (Wildman–Crippen MR) is 56.0 cm³/mol. The molecule has 1 atom stereocenters. The Morgan fingerprint density at radius 2 is 2.07 bits per heavy atom. The molecule has 1 unspecified atom stereocenters. The Balaban J connectivity index is 2.21. The van der Waals surface area contributed by atoms with Crippen LogP contribution in [-0.4, -0.2) is 24.4 Å². The van der Waals surface area contributed by atoms with Gasteiger partial charge in [-0.05, 0) is 24.3 Å². The molecular formula is C11H13NO3. The van der Waals surface area contributed by atoms with Crippen molar-refractivity contribution < 1.29 is 14.6 Å². The minimum atomic E-state index is -0.321. The highest BCUT2D eigenvalue weighted by Crippen LogP contribution is 2.22. The number of aromatic hydroxyl groups is 1. The van der Waals surface area contributed by atoms with E-state index in [0.717, 1.165) is 5.69 Å². The van der Waals surface area contributed by atoms with E-state index >= 15 is 0 Å². The van der Waals surface area contributed by atoms with Crippen molar-refractivity contribution in [3.63, 3.8) is 0 Å². The molecule has 0 saturated carbocycles. The van der Waals surface area contributed by atoms with Crippen LogP contribution in [0.3, 0.4) is 0 Å². The maximum absolute atomic E-state index is 11.5. The zero-order chi connectivity index (χ0) is 10.8. The van der Waals surface area contributed by atoms with Gasteiger partial charge in [0.05, 0.1) is 6.61 Å². The summed E-state index contributed by atoms with van der Waals surface area (Å²) in [5.41, 5.74) is 0.754. The van der Waals surface area contributed by atoms with Gasteiger partial charge >= 0.3 is 6.09 Å². The second kappa shape index (κ2) is 3.81. The molecule has 0 radical (unpaired) electrons. The van der Waals surface area contributed by atoms with Gasteiger partial charge in [0.1, 0.15) is 5.75 Å². The van der Waals surface area contributed by atoms with Crippen LogP contribution in [0.25, 0.3) is 0 Å². The van der Waals surface area contributed by atoms with Crippen molar-refractivity contribution in [1.82, 2.24) is 0 Å². The summed E-state index contributed by atoms with van der Waals surface area (Å²) in [6, 6.07) is 6.52. The lowest BCUT2D eigenvalue weighted by molar-refractivity contribution is 0.119. The first kappa shape index (κ1) is 9.83. The monoisotopic (exact) mass is 207 g/mol. The van der Waals surface area contributed by atoms with Crippen molar-refractivity contribution in [3.8, 4) is 5.75 Å². The van der Waals surface area contributed by atoms with Gasteiger partial charge in [-0.3, -0.25) is 4.90 Å². The molecule has 0 aromatic heterocycles. The standard InChI is InChI=1S/C11H13NO3/c1-8-6-12(11(14)15-7-8)9-2-4-10(13)5-3-9/h2-5,8,13H,6-7H2,1H3. The molecule has 1 aliphatic rings. The van der Waals surface area contributed by atoms with Crippen LogP contribution in [0, 0.1) is 5.92 Å². The van der Waals surface area contributed by atoms with E-state index in [0.29, 0.717) is 19.1 Å². The maximum Gasteiger partial charge on any atom is 0.414 e. The summed E-state index contributed by atoms with van der Waals surface area (Å²) >= 11 is 0. The van der Waals surface area contributed by atoms with Crippen LogP contribution >= 0.6 is 0 Å². The second-order valence-electron chi connectivity index (χ2n) is 3.81. The Morgan fingerprint density at radius 1 is 1.40 bits per heavy atom. The number of rotatable bonds is 1. The number of nitrogens with zero attached hydrogens (tertiary/aromatic N) is 1. The number of cyclic esters (lactones) is 1. The number of amides is 1. The highest BCUT2D eigenvalue weighted by molar-refractivity contribution is 5.88. The van der Waals surface area contributed by atoms with Crippen LogP contribution in [0.15, 0.2) is 24.3 Å². The molecule has 4 nitrogen and oxygen atoms in total. The lowest BCUT2D eigenvalue weighted by Gasteiger charge is -2.30. The summed E-state index contributed by atoms with van der Waals surface area (Å²) in [5.74, 6) is 0.522. The van der Waals surface area contributed by atoms with Crippen LogP contribution in [-0.2, 0) is 4.74 Å². The number of benzene rings is 1. The summed E-state index contributed by atoms with van der Waals surface area (Å²) < 4.78 is 5.01. The predicted octanol–water partition coefficient (Wildman–Crippen LogP) is 1.98. The molecule has 0 bridgehead atoms. The molecule has 1 aliphatic heterocycles. The van der Waals surface area contributed by atoms with Gasteiger partial charge in [-0.15, -0.1) is 0 Å². The fourth-order valence-electron chi connectivity index (χ4n) is 1.57. The summed E-state index contributed by atoms with van der Waals surface area (Å²) in [5, 5.41) is 9.14. The van der Waals surface area contributed by atoms with Crippen molar-refractivity contribution >= 4 is 11.8 Å². The smallest absolute Gasteiger partial charge is 0.414 e. The molecule has 0 spiro atoms. The first-order valence-electron chi connectivity index (χ1n) is 4.90. The fraction of sp³-hybridized carbons (Fsp3) is 0.364. The Kier molecular flexibility index (Phi) is 2.49. The number of carbonyl (C=O) groups is 1. The number of phenolic OH excluding ortho intramolecular Hbond substituents is 1. The van der Waals surface area contributed by atoms with E-state index in [1.165, 1.54) is 0 Å². The molecule has 1 amide bonds. The van der Waals surface area contributed by atoms with Crippen LogP contribution in [0.1, 0.15) is 6.92 Å². The van der Waals surface area contributed by atoms with Gasteiger partial charge in [0, 0.05) is 18.2 Å². The average Bonchev–Trinajstić information content (AvgIpc) is 2.23. The van der Waals surface area contributed by atoms with E-state index in [4.69, 9.17) is 9.84 Å². The number of anilines is 1. The largest absolute Gasteiger partial charge is 0.508 e. The molecule has 2 rings (SSSR count). The lowest BCUT2D eigenvalue weighted by Crippen LogP contribution is -2.42. The Bertz CT molecular complexity index is 361. The lowest BCUT2D eigenvalue weighted by atomic mass is 10.1. The number of hydrogen-bond donors (Lipinski definition) is 1. The Hall–Kier alpha value is -1.71. The van der Waals surface area contributed by atoms with Gasteiger partial charge in [0.15, 0.2) is 0 Å². The molecule has 1 aromatic rings. The SMILES string of the molecule is CC1COC(=O)N(c2ccc(O)cc2)C1. The number of ether oxygens (including phenoxy) is 1. The van der Waals surface area contributed by atoms with Gasteiger partial charge in [-0.1, -0.05) is 6.92 Å². The normalized spacial score (nSPS) is 21.3. The van der Waals surface area contributed by atoms with E-state index in [1.807, 2.05) is 6.92 Å². The van der Waals surface area contributed by atoms with Crippen molar-refractivity contribution in [2.75, 3.05) is 18.1 Å². The van der Waals surface area contributed by atoms with Crippen LogP contribution < -0.4 is 4.90 Å². The van der Waals surface area contributed by atoms with E-state index in [-0.39, 0.29) is 11.8 Å². The summed E-state index contributed by atoms with van der Waals surface area (Å²) in [4.78, 5) is 13.0. The van der Waals surface area contributed by atoms with Crippen LogP contribution in [0.5, 0.6) is 5.75 Å². The fourth-order valence-corrected chi connectivity index (χ4v) is 1.57. The molecule has 15 heavy (non-hydrogen) atoms. The average molecular weight is 207 g/mol. The molecule has 1 fully saturated rings. The summed E-state index contributed by atoms with van der Waals surface area (Å²) in [6.07, 6.45) is -0.321. The van der Waals surface area contributed by atoms with Crippen LogP contribution in [0.2, 0.25) is 0 Å². The number of carbonyl (C=O) groups excluding carboxylic acids is 1. The topological polar surface area (TPSA) is 49.8 Å². The summed E-state index contributed by atoms with van der Waals surface area (Å²) in [6.45, 7) is 3.16. The molecule has 1 saturated heterocycles. The van der Waals surface area contributed by atoms with Crippen LogP contribution in [0.4, 0.5) is 10.5 Å². The number of hydrogen-bond acceptors (Lipinski definition) is 3. The molecule has 1 N–H and O–H groups in total. The zero-order valence-electron chi connectivity index (χ0n) is 8.51. The van der Waals surface area contributed by atoms with Gasteiger partial charge in [0.2, 0.25) is 0 Å². The first-order valence-corrected chi connectivity index (χ1v) is 4.90. The molecule has 4 heteroatoms. The van der Waals surface area contributed by atoms with Crippen molar-refractivity contribution in [2.45, 2.75) is 6.92 Å².